The smallest absolute Gasteiger partial charge is 0.223 e. The fourth-order valence-electron chi connectivity index (χ4n) is 3.84. The van der Waals surface area contributed by atoms with Crippen LogP contribution in [0, 0.1) is 5.82 Å². The molecular formula is C21H25ClFN5O3. The molecule has 1 aliphatic rings. The molecule has 0 aliphatic carbocycles. The molecule has 3 atom stereocenters. The third-order valence-electron chi connectivity index (χ3n) is 5.32. The van der Waals surface area contributed by atoms with Crippen LogP contribution >= 0.6 is 11.6 Å². The minimum absolute atomic E-state index is 0.0441. The van der Waals surface area contributed by atoms with Gasteiger partial charge in [0.25, 0.3) is 0 Å². The Morgan fingerprint density at radius 3 is 2.74 bits per heavy atom. The van der Waals surface area contributed by atoms with Crippen molar-refractivity contribution in [3.8, 4) is 11.3 Å². The SMILES string of the molecule is CC(O)c1nc2c(F)cc(-c3nc(N[C@@H]4CCOC[C@H]4O)ncc3Cl)cc2n1C(C)C. The van der Waals surface area contributed by atoms with Gasteiger partial charge in [-0.3, -0.25) is 0 Å². The highest BCUT2D eigenvalue weighted by molar-refractivity contribution is 6.33. The van der Waals surface area contributed by atoms with Crippen LogP contribution in [0.25, 0.3) is 22.3 Å². The predicted octanol–water partition coefficient (Wildman–Crippen LogP) is 3.48. The summed E-state index contributed by atoms with van der Waals surface area (Å²) in [5, 5.41) is 23.6. The number of hydrogen-bond acceptors (Lipinski definition) is 7. The first-order chi connectivity index (χ1) is 14.8. The normalized spacial score (nSPS) is 20.4. The monoisotopic (exact) mass is 449 g/mol. The molecule has 1 aromatic carbocycles. The molecule has 1 aliphatic heterocycles. The molecule has 166 valence electrons. The van der Waals surface area contributed by atoms with Crippen molar-refractivity contribution in [2.24, 2.45) is 0 Å². The highest BCUT2D eigenvalue weighted by Crippen LogP contribution is 2.33. The lowest BCUT2D eigenvalue weighted by Gasteiger charge is -2.28. The van der Waals surface area contributed by atoms with Crippen LogP contribution in [-0.2, 0) is 4.74 Å². The van der Waals surface area contributed by atoms with Crippen LogP contribution in [0.3, 0.4) is 0 Å². The summed E-state index contributed by atoms with van der Waals surface area (Å²) in [6.45, 7) is 6.25. The first kappa shape index (κ1) is 21.9. The standard InChI is InChI=1S/C21H25ClFN5O3/c1-10(2)28-16-7-12(6-14(23)19(16)26-20(28)11(3)29)18-13(22)8-24-21(27-18)25-15-4-5-31-9-17(15)30/h6-8,10-11,15,17,29-30H,4-5,9H2,1-3H3,(H,24,25,27)/t11?,15-,17-/m1/s1. The molecule has 10 heteroatoms. The lowest BCUT2D eigenvalue weighted by molar-refractivity contribution is -0.0136. The molecule has 31 heavy (non-hydrogen) atoms. The second-order valence-electron chi connectivity index (χ2n) is 8.01. The van der Waals surface area contributed by atoms with Crippen LogP contribution in [0.4, 0.5) is 10.3 Å². The largest absolute Gasteiger partial charge is 0.389 e. The topological polar surface area (TPSA) is 105 Å². The molecule has 3 N–H and O–H groups in total. The van der Waals surface area contributed by atoms with Gasteiger partial charge in [-0.05, 0) is 39.3 Å². The lowest BCUT2D eigenvalue weighted by Crippen LogP contribution is -2.42. The van der Waals surface area contributed by atoms with Crippen molar-refractivity contribution in [3.63, 3.8) is 0 Å². The Morgan fingerprint density at radius 1 is 1.29 bits per heavy atom. The van der Waals surface area contributed by atoms with Crippen molar-refractivity contribution in [2.75, 3.05) is 18.5 Å². The van der Waals surface area contributed by atoms with Gasteiger partial charge in [0.1, 0.15) is 17.4 Å². The van der Waals surface area contributed by atoms with Gasteiger partial charge in [0, 0.05) is 18.2 Å². The van der Waals surface area contributed by atoms with E-state index in [1.54, 1.807) is 17.6 Å². The van der Waals surface area contributed by atoms with Gasteiger partial charge in [0.15, 0.2) is 5.82 Å². The van der Waals surface area contributed by atoms with Crippen molar-refractivity contribution >= 4 is 28.6 Å². The second-order valence-corrected chi connectivity index (χ2v) is 8.41. The maximum atomic E-state index is 15.0. The van der Waals surface area contributed by atoms with E-state index in [2.05, 4.69) is 20.3 Å². The van der Waals surface area contributed by atoms with Crippen LogP contribution in [-0.4, -0.2) is 55.1 Å². The molecule has 0 bridgehead atoms. The number of hydrogen-bond donors (Lipinski definition) is 3. The van der Waals surface area contributed by atoms with Crippen molar-refractivity contribution in [1.29, 1.82) is 0 Å². The van der Waals surface area contributed by atoms with Gasteiger partial charge < -0.3 is 24.8 Å². The Hall–Kier alpha value is -2.33. The van der Waals surface area contributed by atoms with Gasteiger partial charge in [-0.1, -0.05) is 11.6 Å². The summed E-state index contributed by atoms with van der Waals surface area (Å²) in [4.78, 5) is 13.0. The zero-order chi connectivity index (χ0) is 22.3. The molecule has 8 nitrogen and oxygen atoms in total. The zero-order valence-corrected chi connectivity index (χ0v) is 18.3. The summed E-state index contributed by atoms with van der Waals surface area (Å²) < 4.78 is 22.1. The molecule has 1 unspecified atom stereocenters. The first-order valence-corrected chi connectivity index (χ1v) is 10.6. The lowest BCUT2D eigenvalue weighted by atomic mass is 10.1. The molecule has 0 spiro atoms. The van der Waals surface area contributed by atoms with Crippen LogP contribution in [0.2, 0.25) is 5.02 Å². The zero-order valence-electron chi connectivity index (χ0n) is 17.5. The molecule has 3 aromatic rings. The maximum absolute atomic E-state index is 15.0. The number of fused-ring (bicyclic) bond motifs is 1. The van der Waals surface area contributed by atoms with E-state index in [9.17, 15) is 10.2 Å². The highest BCUT2D eigenvalue weighted by atomic mass is 35.5. The van der Waals surface area contributed by atoms with Gasteiger partial charge in [-0.25, -0.2) is 19.3 Å². The molecule has 1 fully saturated rings. The van der Waals surface area contributed by atoms with E-state index in [4.69, 9.17) is 16.3 Å². The van der Waals surface area contributed by atoms with E-state index in [1.165, 1.54) is 12.3 Å². The number of ether oxygens (including phenoxy) is 1. The number of aromatic nitrogens is 4. The van der Waals surface area contributed by atoms with Crippen molar-refractivity contribution < 1.29 is 19.3 Å². The third-order valence-corrected chi connectivity index (χ3v) is 5.60. The molecule has 2 aromatic heterocycles. The van der Waals surface area contributed by atoms with Crippen LogP contribution in [0.5, 0.6) is 0 Å². The number of nitrogens with zero attached hydrogens (tertiary/aromatic N) is 4. The molecule has 0 radical (unpaired) electrons. The Bertz CT molecular complexity index is 1100. The van der Waals surface area contributed by atoms with Gasteiger partial charge in [-0.2, -0.15) is 0 Å². The molecule has 3 heterocycles. The maximum Gasteiger partial charge on any atom is 0.223 e. The van der Waals surface area contributed by atoms with E-state index in [0.29, 0.717) is 35.6 Å². The van der Waals surface area contributed by atoms with E-state index in [1.807, 2.05) is 13.8 Å². The van der Waals surface area contributed by atoms with Crippen LogP contribution < -0.4 is 5.32 Å². The Kier molecular flexibility index (Phi) is 6.11. The number of nitrogens with one attached hydrogen (secondary N) is 1. The number of anilines is 1. The molecule has 0 amide bonds. The summed E-state index contributed by atoms with van der Waals surface area (Å²) in [5.74, 6) is 0.149. The number of aliphatic hydroxyl groups excluding tert-OH is 2. The van der Waals surface area contributed by atoms with Crippen molar-refractivity contribution in [3.05, 3.63) is 35.0 Å². The predicted molar refractivity (Wildman–Crippen MR) is 116 cm³/mol. The summed E-state index contributed by atoms with van der Waals surface area (Å²) >= 11 is 6.36. The van der Waals surface area contributed by atoms with Crippen LogP contribution in [0.15, 0.2) is 18.3 Å². The Balaban J connectivity index is 1.78. The highest BCUT2D eigenvalue weighted by Gasteiger charge is 2.25. The molecule has 4 rings (SSSR count). The van der Waals surface area contributed by atoms with Crippen molar-refractivity contribution in [2.45, 2.75) is 51.5 Å². The number of aliphatic hydroxyl groups is 2. The quantitative estimate of drug-likeness (QED) is 0.547. The molecular weight excluding hydrogens is 425 g/mol. The fraction of sp³-hybridized carbons (Fsp3) is 0.476. The number of halogens is 2. The summed E-state index contributed by atoms with van der Waals surface area (Å²) in [5.41, 5.74) is 1.55. The average molecular weight is 450 g/mol. The number of rotatable bonds is 5. The van der Waals surface area contributed by atoms with Crippen LogP contribution in [0.1, 0.15) is 45.2 Å². The Morgan fingerprint density at radius 2 is 2.06 bits per heavy atom. The van der Waals surface area contributed by atoms with E-state index in [-0.39, 0.29) is 35.2 Å². The van der Waals surface area contributed by atoms with E-state index >= 15 is 4.39 Å². The van der Waals surface area contributed by atoms with E-state index < -0.39 is 18.0 Å². The molecule has 0 saturated carbocycles. The van der Waals surface area contributed by atoms with E-state index in [0.717, 1.165) is 0 Å². The van der Waals surface area contributed by atoms with Gasteiger partial charge >= 0.3 is 0 Å². The second kappa shape index (κ2) is 8.66. The first-order valence-electron chi connectivity index (χ1n) is 10.2. The van der Waals surface area contributed by atoms with Gasteiger partial charge in [0.05, 0.1) is 41.2 Å². The summed E-state index contributed by atoms with van der Waals surface area (Å²) in [7, 11) is 0. The Labute approximate surface area is 184 Å². The fourth-order valence-corrected chi connectivity index (χ4v) is 4.04. The minimum atomic E-state index is -0.845. The number of benzene rings is 1. The average Bonchev–Trinajstić information content (AvgIpc) is 3.12. The van der Waals surface area contributed by atoms with Gasteiger partial charge in [-0.15, -0.1) is 0 Å². The third kappa shape index (κ3) is 4.23. The summed E-state index contributed by atoms with van der Waals surface area (Å²) in [6, 6.07) is 2.79. The number of imidazole rings is 1. The van der Waals surface area contributed by atoms with Gasteiger partial charge in [0.2, 0.25) is 5.95 Å². The minimum Gasteiger partial charge on any atom is -0.389 e. The molecule has 1 saturated heterocycles. The van der Waals surface area contributed by atoms with Crippen molar-refractivity contribution in [1.82, 2.24) is 19.5 Å². The summed E-state index contributed by atoms with van der Waals surface area (Å²) in [6.07, 6.45) is 0.534.